The molecular formula is C10H18N2O3. The van der Waals surface area contributed by atoms with Gasteiger partial charge in [0.1, 0.15) is 6.61 Å². The minimum atomic E-state index is -0.416. The molecule has 0 aromatic carbocycles. The average molecular weight is 214 g/mol. The van der Waals surface area contributed by atoms with Crippen LogP contribution < -0.4 is 0 Å². The number of ether oxygens (including phenoxy) is 1. The van der Waals surface area contributed by atoms with Crippen molar-refractivity contribution in [1.82, 2.24) is 10.1 Å². The van der Waals surface area contributed by atoms with E-state index in [0.717, 1.165) is 6.42 Å². The fourth-order valence-corrected chi connectivity index (χ4v) is 1.39. The van der Waals surface area contributed by atoms with Crippen LogP contribution in [0.2, 0.25) is 0 Å². The summed E-state index contributed by atoms with van der Waals surface area (Å²) in [7, 11) is 1.57. The molecule has 0 amide bonds. The van der Waals surface area contributed by atoms with Gasteiger partial charge in [0.2, 0.25) is 5.89 Å². The fraction of sp³-hybridized carbons (Fsp3) is 0.800. The van der Waals surface area contributed by atoms with Gasteiger partial charge in [-0.3, -0.25) is 0 Å². The number of aliphatic hydroxyl groups is 1. The minimum Gasteiger partial charge on any atom is -0.393 e. The van der Waals surface area contributed by atoms with Crippen LogP contribution in [0, 0.1) is 5.92 Å². The van der Waals surface area contributed by atoms with E-state index in [9.17, 15) is 5.11 Å². The highest BCUT2D eigenvalue weighted by molar-refractivity contribution is 4.86. The van der Waals surface area contributed by atoms with E-state index in [2.05, 4.69) is 24.0 Å². The predicted octanol–water partition coefficient (Wildman–Crippen LogP) is 1.17. The molecule has 1 N–H and O–H groups in total. The molecule has 1 aromatic heterocycles. The first-order chi connectivity index (χ1) is 7.11. The number of aliphatic hydroxyl groups excluding tert-OH is 1. The van der Waals surface area contributed by atoms with Crippen LogP contribution in [0.15, 0.2) is 4.52 Å². The Labute approximate surface area is 89.4 Å². The van der Waals surface area contributed by atoms with Crippen LogP contribution in [0.25, 0.3) is 0 Å². The minimum absolute atomic E-state index is 0.337. The summed E-state index contributed by atoms with van der Waals surface area (Å²) >= 11 is 0. The van der Waals surface area contributed by atoms with E-state index in [4.69, 9.17) is 9.26 Å². The van der Waals surface area contributed by atoms with Crippen LogP contribution in [-0.4, -0.2) is 28.5 Å². The Morgan fingerprint density at radius 3 is 2.80 bits per heavy atom. The van der Waals surface area contributed by atoms with Gasteiger partial charge >= 0.3 is 0 Å². The lowest BCUT2D eigenvalue weighted by Gasteiger charge is -2.09. The molecular weight excluding hydrogens is 196 g/mol. The quantitative estimate of drug-likeness (QED) is 0.769. The molecule has 1 heterocycles. The molecule has 0 saturated heterocycles. The second kappa shape index (κ2) is 5.82. The van der Waals surface area contributed by atoms with Crippen molar-refractivity contribution < 1.29 is 14.4 Å². The standard InChI is InChI=1S/C10H18N2O3/c1-7(2)4-8(13)5-10-11-9(6-14-3)12-15-10/h7-8,13H,4-6H2,1-3H3. The van der Waals surface area contributed by atoms with E-state index in [1.54, 1.807) is 7.11 Å². The molecule has 5 heteroatoms. The van der Waals surface area contributed by atoms with Crippen molar-refractivity contribution in [3.63, 3.8) is 0 Å². The predicted molar refractivity (Wildman–Crippen MR) is 54.2 cm³/mol. The lowest BCUT2D eigenvalue weighted by atomic mass is 10.0. The molecule has 0 saturated carbocycles. The van der Waals surface area contributed by atoms with E-state index in [-0.39, 0.29) is 0 Å². The topological polar surface area (TPSA) is 68.4 Å². The van der Waals surface area contributed by atoms with Crippen molar-refractivity contribution in [3.05, 3.63) is 11.7 Å². The molecule has 0 aliphatic heterocycles. The molecule has 0 bridgehead atoms. The lowest BCUT2D eigenvalue weighted by molar-refractivity contribution is 0.138. The summed E-state index contributed by atoms with van der Waals surface area (Å²) in [5.41, 5.74) is 0. The first kappa shape index (κ1) is 12.1. The van der Waals surface area contributed by atoms with E-state index >= 15 is 0 Å². The van der Waals surface area contributed by atoms with Crippen molar-refractivity contribution in [1.29, 1.82) is 0 Å². The van der Waals surface area contributed by atoms with Gasteiger partial charge in [-0.25, -0.2) is 0 Å². The Morgan fingerprint density at radius 2 is 2.20 bits per heavy atom. The van der Waals surface area contributed by atoms with E-state index in [1.807, 2.05) is 0 Å². The Morgan fingerprint density at radius 1 is 1.47 bits per heavy atom. The van der Waals surface area contributed by atoms with Crippen LogP contribution in [0.3, 0.4) is 0 Å². The Bertz CT molecular complexity index is 286. The van der Waals surface area contributed by atoms with Crippen molar-refractivity contribution >= 4 is 0 Å². The first-order valence-corrected chi connectivity index (χ1v) is 5.10. The molecule has 1 rings (SSSR count). The Hall–Kier alpha value is -0.940. The number of nitrogens with zero attached hydrogens (tertiary/aromatic N) is 2. The summed E-state index contributed by atoms with van der Waals surface area (Å²) < 4.78 is 9.83. The van der Waals surface area contributed by atoms with Gasteiger partial charge in [-0.1, -0.05) is 19.0 Å². The van der Waals surface area contributed by atoms with Crippen LogP contribution in [-0.2, 0) is 17.8 Å². The van der Waals surface area contributed by atoms with Crippen molar-refractivity contribution in [2.75, 3.05) is 7.11 Å². The normalized spacial score (nSPS) is 13.4. The maximum absolute atomic E-state index is 9.65. The second-order valence-corrected chi connectivity index (χ2v) is 4.02. The molecule has 0 fully saturated rings. The highest BCUT2D eigenvalue weighted by Crippen LogP contribution is 2.09. The van der Waals surface area contributed by atoms with Crippen LogP contribution in [0.5, 0.6) is 0 Å². The molecule has 0 aliphatic carbocycles. The molecule has 1 unspecified atom stereocenters. The van der Waals surface area contributed by atoms with E-state index < -0.39 is 6.10 Å². The molecule has 5 nitrogen and oxygen atoms in total. The number of rotatable bonds is 6. The Balaban J connectivity index is 2.42. The van der Waals surface area contributed by atoms with Crippen molar-refractivity contribution in [3.8, 4) is 0 Å². The number of hydrogen-bond donors (Lipinski definition) is 1. The van der Waals surface area contributed by atoms with Crippen LogP contribution in [0.4, 0.5) is 0 Å². The molecule has 86 valence electrons. The van der Waals surface area contributed by atoms with Crippen molar-refractivity contribution in [2.24, 2.45) is 5.92 Å². The maximum Gasteiger partial charge on any atom is 0.229 e. The van der Waals surface area contributed by atoms with Crippen molar-refractivity contribution in [2.45, 2.75) is 39.4 Å². The fourth-order valence-electron chi connectivity index (χ4n) is 1.39. The van der Waals surface area contributed by atoms with Gasteiger partial charge in [-0.2, -0.15) is 4.98 Å². The summed E-state index contributed by atoms with van der Waals surface area (Å²) in [6, 6.07) is 0. The summed E-state index contributed by atoms with van der Waals surface area (Å²) in [5, 5.41) is 13.4. The zero-order valence-electron chi connectivity index (χ0n) is 9.43. The highest BCUT2D eigenvalue weighted by atomic mass is 16.5. The monoisotopic (exact) mass is 214 g/mol. The molecule has 0 spiro atoms. The van der Waals surface area contributed by atoms with Gasteiger partial charge in [-0.05, 0) is 12.3 Å². The van der Waals surface area contributed by atoms with Crippen LogP contribution in [0.1, 0.15) is 32.0 Å². The maximum atomic E-state index is 9.65. The van der Waals surface area contributed by atoms with Gasteiger partial charge in [0.05, 0.1) is 12.5 Å². The van der Waals surface area contributed by atoms with Gasteiger partial charge in [0.15, 0.2) is 5.82 Å². The summed E-state index contributed by atoms with van der Waals surface area (Å²) in [5.74, 6) is 1.45. The summed E-state index contributed by atoms with van der Waals surface area (Å²) in [6.07, 6.45) is 0.734. The molecule has 0 aliphatic rings. The number of aromatic nitrogens is 2. The molecule has 1 aromatic rings. The van der Waals surface area contributed by atoms with Gasteiger partial charge in [0, 0.05) is 7.11 Å². The largest absolute Gasteiger partial charge is 0.393 e. The molecule has 15 heavy (non-hydrogen) atoms. The van der Waals surface area contributed by atoms with E-state index in [0.29, 0.717) is 30.7 Å². The third-order valence-corrected chi connectivity index (χ3v) is 1.94. The highest BCUT2D eigenvalue weighted by Gasteiger charge is 2.13. The van der Waals surface area contributed by atoms with Gasteiger partial charge in [-0.15, -0.1) is 0 Å². The smallest absolute Gasteiger partial charge is 0.229 e. The molecule has 1 atom stereocenters. The lowest BCUT2D eigenvalue weighted by Crippen LogP contribution is -2.13. The number of methoxy groups -OCH3 is 1. The SMILES string of the molecule is COCc1noc(CC(O)CC(C)C)n1. The zero-order valence-corrected chi connectivity index (χ0v) is 9.43. The summed E-state index contributed by atoms with van der Waals surface area (Å²) in [6.45, 7) is 4.46. The average Bonchev–Trinajstić information content (AvgIpc) is 2.51. The molecule has 0 radical (unpaired) electrons. The number of hydrogen-bond acceptors (Lipinski definition) is 5. The van der Waals surface area contributed by atoms with E-state index in [1.165, 1.54) is 0 Å². The zero-order chi connectivity index (χ0) is 11.3. The van der Waals surface area contributed by atoms with Crippen LogP contribution >= 0.6 is 0 Å². The Kier molecular flexibility index (Phi) is 4.71. The van der Waals surface area contributed by atoms with Gasteiger partial charge < -0.3 is 14.4 Å². The van der Waals surface area contributed by atoms with Gasteiger partial charge in [0.25, 0.3) is 0 Å². The first-order valence-electron chi connectivity index (χ1n) is 5.10. The second-order valence-electron chi connectivity index (χ2n) is 4.02. The third-order valence-electron chi connectivity index (χ3n) is 1.94. The third kappa shape index (κ3) is 4.40. The summed E-state index contributed by atoms with van der Waals surface area (Å²) in [4.78, 5) is 4.08.